The van der Waals surface area contributed by atoms with Crippen LogP contribution in [0.4, 0.5) is 22.0 Å². The first-order valence-electron chi connectivity index (χ1n) is 14.8. The van der Waals surface area contributed by atoms with Gasteiger partial charge in [0.05, 0.1) is 33.4 Å². The maximum atomic E-state index is 15.8. The minimum atomic E-state index is -4.82. The second-order valence-corrected chi connectivity index (χ2v) is 11.8. The zero-order chi connectivity index (χ0) is 31.9. The third kappa shape index (κ3) is 4.30. The van der Waals surface area contributed by atoms with E-state index in [-0.39, 0.29) is 22.5 Å². The monoisotopic (exact) mass is 616 g/mol. The summed E-state index contributed by atoms with van der Waals surface area (Å²) in [5.41, 5.74) is 3.35. The van der Waals surface area contributed by atoms with Crippen molar-refractivity contribution in [1.82, 2.24) is 9.13 Å². The smallest absolute Gasteiger partial charge is 0.309 e. The summed E-state index contributed by atoms with van der Waals surface area (Å²) in [5, 5.41) is 3.18. The van der Waals surface area contributed by atoms with E-state index in [4.69, 9.17) is 0 Å². The number of fused-ring (bicyclic) bond motifs is 6. The number of para-hydroxylation sites is 2. The van der Waals surface area contributed by atoms with Gasteiger partial charge in [-0.3, -0.25) is 0 Å². The fourth-order valence-corrected chi connectivity index (χ4v) is 6.82. The largest absolute Gasteiger partial charge is 0.420 e. The lowest BCUT2D eigenvalue weighted by atomic mass is 9.98. The Balaban J connectivity index is 1.62. The van der Waals surface area contributed by atoms with Crippen molar-refractivity contribution in [2.45, 2.75) is 20.0 Å². The molecule has 226 valence electrons. The number of aryl methyl sites for hydroxylation is 2. The van der Waals surface area contributed by atoms with Gasteiger partial charge in [0.1, 0.15) is 17.2 Å². The van der Waals surface area contributed by atoms with Gasteiger partial charge in [-0.25, -0.2) is 8.78 Å². The third-order valence-electron chi connectivity index (χ3n) is 8.72. The van der Waals surface area contributed by atoms with Gasteiger partial charge in [-0.05, 0) is 84.6 Å². The van der Waals surface area contributed by atoms with Gasteiger partial charge in [0.15, 0.2) is 0 Å². The Bertz CT molecular complexity index is 2350. The Kier molecular flexibility index (Phi) is 6.13. The summed E-state index contributed by atoms with van der Waals surface area (Å²) in [4.78, 5) is 0. The van der Waals surface area contributed by atoms with Gasteiger partial charge >= 0.3 is 6.18 Å². The van der Waals surface area contributed by atoms with Crippen LogP contribution in [0.15, 0.2) is 115 Å². The number of halogens is 5. The van der Waals surface area contributed by atoms with Crippen LogP contribution in [0.25, 0.3) is 66.1 Å². The van der Waals surface area contributed by atoms with Gasteiger partial charge in [-0.2, -0.15) is 13.2 Å². The minimum absolute atomic E-state index is 0.127. The highest BCUT2D eigenvalue weighted by Crippen LogP contribution is 2.46. The lowest BCUT2D eigenvalue weighted by Crippen LogP contribution is -2.16. The van der Waals surface area contributed by atoms with Crippen molar-refractivity contribution < 1.29 is 22.0 Å². The molecule has 0 fully saturated rings. The molecule has 0 aliphatic rings. The van der Waals surface area contributed by atoms with Gasteiger partial charge in [0, 0.05) is 27.6 Å². The molecule has 7 heteroatoms. The summed E-state index contributed by atoms with van der Waals surface area (Å²) in [6.45, 7) is 3.79. The molecule has 6 aromatic carbocycles. The van der Waals surface area contributed by atoms with E-state index in [1.54, 1.807) is 33.4 Å². The number of aromatic nitrogens is 2. The Labute approximate surface area is 260 Å². The SMILES string of the molecule is Cc1ccc2c3ccccc3n(-c3cc(-c4cc(F)cc(F)c4)cc(-n4c5ccccc5c5ccc(C)cc54)c3C(F)(F)F)c2c1. The van der Waals surface area contributed by atoms with Crippen molar-refractivity contribution in [2.24, 2.45) is 0 Å². The molecule has 0 radical (unpaired) electrons. The number of alkyl halides is 3. The van der Waals surface area contributed by atoms with Gasteiger partial charge in [-0.15, -0.1) is 0 Å². The molecule has 46 heavy (non-hydrogen) atoms. The van der Waals surface area contributed by atoms with E-state index in [9.17, 15) is 8.78 Å². The van der Waals surface area contributed by atoms with Crippen LogP contribution >= 0.6 is 0 Å². The fraction of sp³-hybridized carbons (Fsp3) is 0.0769. The molecule has 8 rings (SSSR count). The highest BCUT2D eigenvalue weighted by atomic mass is 19.4. The molecule has 0 spiro atoms. The number of rotatable bonds is 3. The molecule has 0 N–H and O–H groups in total. The molecule has 0 aliphatic heterocycles. The Morgan fingerprint density at radius 1 is 0.457 bits per heavy atom. The predicted molar refractivity (Wildman–Crippen MR) is 175 cm³/mol. The van der Waals surface area contributed by atoms with Crippen LogP contribution in [0, 0.1) is 25.5 Å². The average molecular weight is 617 g/mol. The van der Waals surface area contributed by atoms with Crippen molar-refractivity contribution in [3.8, 4) is 22.5 Å². The number of hydrogen-bond donors (Lipinski definition) is 0. The predicted octanol–water partition coefficient (Wildman–Crippen LogP) is 11.5. The normalized spacial score (nSPS) is 12.2. The topological polar surface area (TPSA) is 9.86 Å². The molecular formula is C39H25F5N2. The van der Waals surface area contributed by atoms with Crippen LogP contribution in [-0.2, 0) is 6.18 Å². The molecule has 2 heterocycles. The van der Waals surface area contributed by atoms with Crippen LogP contribution in [0.5, 0.6) is 0 Å². The van der Waals surface area contributed by atoms with E-state index in [2.05, 4.69) is 0 Å². The molecule has 0 aliphatic carbocycles. The molecule has 0 saturated heterocycles. The maximum Gasteiger partial charge on any atom is 0.420 e. The molecule has 8 aromatic rings. The van der Waals surface area contributed by atoms with Crippen LogP contribution < -0.4 is 0 Å². The summed E-state index contributed by atoms with van der Waals surface area (Å²) in [6, 6.07) is 31.9. The molecule has 0 unspecified atom stereocenters. The zero-order valence-electron chi connectivity index (χ0n) is 24.8. The number of nitrogens with zero attached hydrogens (tertiary/aromatic N) is 2. The van der Waals surface area contributed by atoms with E-state index in [0.717, 1.165) is 50.9 Å². The third-order valence-corrected chi connectivity index (χ3v) is 8.72. The first kappa shape index (κ1) is 28.1. The van der Waals surface area contributed by atoms with E-state index in [0.29, 0.717) is 22.1 Å². The summed E-state index contributed by atoms with van der Waals surface area (Å²) in [6.07, 6.45) is -4.82. The lowest BCUT2D eigenvalue weighted by molar-refractivity contribution is -0.137. The van der Waals surface area contributed by atoms with E-state index >= 15 is 13.2 Å². The summed E-state index contributed by atoms with van der Waals surface area (Å²) in [7, 11) is 0. The molecule has 0 atom stereocenters. The average Bonchev–Trinajstić information content (AvgIpc) is 3.51. The molecule has 0 saturated carbocycles. The second kappa shape index (κ2) is 10.0. The van der Waals surface area contributed by atoms with Crippen molar-refractivity contribution in [1.29, 1.82) is 0 Å². The summed E-state index contributed by atoms with van der Waals surface area (Å²) in [5.74, 6) is -1.64. The lowest BCUT2D eigenvalue weighted by Gasteiger charge is -2.23. The van der Waals surface area contributed by atoms with Crippen molar-refractivity contribution >= 4 is 43.6 Å². The van der Waals surface area contributed by atoms with Crippen LogP contribution in [0.1, 0.15) is 16.7 Å². The zero-order valence-corrected chi connectivity index (χ0v) is 24.8. The highest BCUT2D eigenvalue weighted by Gasteiger charge is 2.39. The molecule has 0 amide bonds. The molecule has 0 bridgehead atoms. The van der Waals surface area contributed by atoms with Gasteiger partial charge < -0.3 is 9.13 Å². The first-order valence-corrected chi connectivity index (χ1v) is 14.8. The molecule has 2 aromatic heterocycles. The maximum absolute atomic E-state index is 15.8. The second-order valence-electron chi connectivity index (χ2n) is 11.8. The van der Waals surface area contributed by atoms with Crippen molar-refractivity contribution in [3.63, 3.8) is 0 Å². The summed E-state index contributed by atoms with van der Waals surface area (Å²) < 4.78 is 79.8. The van der Waals surface area contributed by atoms with Crippen LogP contribution in [0.2, 0.25) is 0 Å². The van der Waals surface area contributed by atoms with Gasteiger partial charge in [0.2, 0.25) is 0 Å². The Hall–Kier alpha value is -5.43. The Morgan fingerprint density at radius 2 is 0.870 bits per heavy atom. The van der Waals surface area contributed by atoms with Crippen LogP contribution in [0.3, 0.4) is 0 Å². The van der Waals surface area contributed by atoms with Crippen LogP contribution in [-0.4, -0.2) is 9.13 Å². The number of hydrogen-bond acceptors (Lipinski definition) is 0. The van der Waals surface area contributed by atoms with E-state index in [1.807, 2.05) is 74.5 Å². The summed E-state index contributed by atoms with van der Waals surface area (Å²) >= 11 is 0. The van der Waals surface area contributed by atoms with E-state index in [1.165, 1.54) is 12.1 Å². The van der Waals surface area contributed by atoms with Gasteiger partial charge in [-0.1, -0.05) is 60.7 Å². The van der Waals surface area contributed by atoms with E-state index < -0.39 is 23.4 Å². The number of benzene rings is 6. The standard InChI is InChI=1S/C39H25F5N2/c1-22-11-13-30-28-7-3-5-9-32(28)45(34(30)15-22)36-19-25(24-17-26(40)21-27(41)18-24)20-37(38(36)39(42,43)44)46-33-10-6-4-8-29(33)31-14-12-23(2)16-35(31)46/h3-21H,1-2H3. The van der Waals surface area contributed by atoms with Crippen molar-refractivity contribution in [3.05, 3.63) is 144 Å². The highest BCUT2D eigenvalue weighted by molar-refractivity contribution is 6.11. The first-order chi connectivity index (χ1) is 22.1. The van der Waals surface area contributed by atoms with Gasteiger partial charge in [0.25, 0.3) is 0 Å². The minimum Gasteiger partial charge on any atom is -0.309 e. The molecular weight excluding hydrogens is 591 g/mol. The van der Waals surface area contributed by atoms with Crippen molar-refractivity contribution in [2.75, 3.05) is 0 Å². The quantitative estimate of drug-likeness (QED) is 0.175. The fourth-order valence-electron chi connectivity index (χ4n) is 6.82. The molecule has 2 nitrogen and oxygen atoms in total. The Morgan fingerprint density at radius 3 is 1.33 bits per heavy atom.